The monoisotopic (exact) mass is 271 g/mol. The van der Waals surface area contributed by atoms with E-state index in [-0.39, 0.29) is 5.78 Å². The summed E-state index contributed by atoms with van der Waals surface area (Å²) in [6.07, 6.45) is 0. The van der Waals surface area contributed by atoms with E-state index < -0.39 is 0 Å². The summed E-state index contributed by atoms with van der Waals surface area (Å²) in [5, 5.41) is 0. The minimum absolute atomic E-state index is 0.171. The Labute approximate surface area is 117 Å². The Hall–Kier alpha value is -2.49. The molecule has 103 valence electrons. The number of ketones is 1. The van der Waals surface area contributed by atoms with E-state index in [1.807, 2.05) is 0 Å². The van der Waals surface area contributed by atoms with E-state index in [9.17, 15) is 4.79 Å². The number of carbonyl (C=O) groups excluding carboxylic acids is 1. The average molecular weight is 271 g/mol. The summed E-state index contributed by atoms with van der Waals surface area (Å²) >= 11 is 0. The van der Waals surface area contributed by atoms with E-state index in [1.165, 1.54) is 14.2 Å². The first-order chi connectivity index (χ1) is 9.71. The molecule has 0 saturated heterocycles. The molecule has 0 saturated carbocycles. The maximum atomic E-state index is 12.6. The zero-order valence-corrected chi connectivity index (χ0v) is 11.6. The molecule has 0 aliphatic rings. The van der Waals surface area contributed by atoms with E-state index in [1.54, 1.807) is 43.5 Å². The standard InChI is InChI=1S/C16H15O4/c1-18-12-9-13(19-2)15(14(10-12)20-3)16(17)11-7-5-4-6-8-11/h5-10H,1-3H3. The van der Waals surface area contributed by atoms with E-state index >= 15 is 0 Å². The smallest absolute Gasteiger partial charge is 0.200 e. The van der Waals surface area contributed by atoms with Gasteiger partial charge in [0.1, 0.15) is 22.8 Å². The maximum absolute atomic E-state index is 12.6. The van der Waals surface area contributed by atoms with Crippen LogP contribution in [-0.4, -0.2) is 27.1 Å². The Bertz CT molecular complexity index is 580. The molecule has 2 rings (SSSR count). The fourth-order valence-electron chi connectivity index (χ4n) is 1.91. The second-order valence-corrected chi connectivity index (χ2v) is 4.02. The van der Waals surface area contributed by atoms with Gasteiger partial charge >= 0.3 is 0 Å². The van der Waals surface area contributed by atoms with Crippen molar-refractivity contribution in [3.05, 3.63) is 53.6 Å². The highest BCUT2D eigenvalue weighted by Gasteiger charge is 2.21. The minimum atomic E-state index is -0.171. The number of hydrogen-bond acceptors (Lipinski definition) is 4. The second kappa shape index (κ2) is 6.10. The zero-order valence-electron chi connectivity index (χ0n) is 11.6. The molecule has 0 atom stereocenters. The van der Waals surface area contributed by atoms with E-state index in [0.29, 0.717) is 28.4 Å². The Morgan fingerprint density at radius 2 is 1.50 bits per heavy atom. The first-order valence-corrected chi connectivity index (χ1v) is 6.02. The summed E-state index contributed by atoms with van der Waals surface area (Å²) < 4.78 is 15.7. The summed E-state index contributed by atoms with van der Waals surface area (Å²) in [4.78, 5) is 12.6. The Morgan fingerprint density at radius 3 is 1.95 bits per heavy atom. The number of ether oxygens (including phenoxy) is 3. The quantitative estimate of drug-likeness (QED) is 0.784. The molecular weight excluding hydrogens is 256 g/mol. The van der Waals surface area contributed by atoms with Crippen LogP contribution in [0, 0.1) is 6.07 Å². The third-order valence-corrected chi connectivity index (χ3v) is 2.92. The summed E-state index contributed by atoms with van der Waals surface area (Å²) in [6.45, 7) is 0. The van der Waals surface area contributed by atoms with Gasteiger partial charge in [-0.05, 0) is 6.07 Å². The van der Waals surface area contributed by atoms with Crippen LogP contribution < -0.4 is 14.2 Å². The lowest BCUT2D eigenvalue weighted by atomic mass is 10.0. The lowest BCUT2D eigenvalue weighted by molar-refractivity contribution is 0.103. The lowest BCUT2D eigenvalue weighted by Gasteiger charge is -2.14. The topological polar surface area (TPSA) is 44.8 Å². The molecule has 1 radical (unpaired) electrons. The number of hydrogen-bond donors (Lipinski definition) is 0. The number of benzene rings is 2. The molecule has 0 N–H and O–H groups in total. The molecule has 0 aromatic heterocycles. The summed E-state index contributed by atoms with van der Waals surface area (Å²) in [7, 11) is 4.55. The van der Waals surface area contributed by atoms with Gasteiger partial charge in [-0.25, -0.2) is 0 Å². The Balaban J connectivity index is 2.57. The van der Waals surface area contributed by atoms with Crippen molar-refractivity contribution in [3.63, 3.8) is 0 Å². The van der Waals surface area contributed by atoms with Crippen LogP contribution in [0.25, 0.3) is 0 Å². The van der Waals surface area contributed by atoms with E-state index in [2.05, 4.69) is 6.07 Å². The number of carbonyl (C=O) groups is 1. The molecule has 20 heavy (non-hydrogen) atoms. The van der Waals surface area contributed by atoms with Crippen LogP contribution in [0.2, 0.25) is 0 Å². The molecule has 0 aliphatic carbocycles. The van der Waals surface area contributed by atoms with Gasteiger partial charge in [-0.3, -0.25) is 4.79 Å². The first-order valence-electron chi connectivity index (χ1n) is 6.02. The van der Waals surface area contributed by atoms with Crippen molar-refractivity contribution in [1.82, 2.24) is 0 Å². The van der Waals surface area contributed by atoms with Gasteiger partial charge in [-0.15, -0.1) is 0 Å². The van der Waals surface area contributed by atoms with Crippen molar-refractivity contribution in [2.24, 2.45) is 0 Å². The van der Waals surface area contributed by atoms with Gasteiger partial charge in [0.15, 0.2) is 0 Å². The van der Waals surface area contributed by atoms with Crippen LogP contribution in [-0.2, 0) is 0 Å². The van der Waals surface area contributed by atoms with Gasteiger partial charge < -0.3 is 14.2 Å². The predicted octanol–water partition coefficient (Wildman–Crippen LogP) is 2.74. The fraction of sp³-hybridized carbons (Fsp3) is 0.188. The van der Waals surface area contributed by atoms with Gasteiger partial charge in [-0.2, -0.15) is 0 Å². The molecule has 2 aromatic carbocycles. The summed E-state index contributed by atoms with van der Waals surface area (Å²) in [6, 6.07) is 13.0. The van der Waals surface area contributed by atoms with Crippen molar-refractivity contribution in [1.29, 1.82) is 0 Å². The fourth-order valence-corrected chi connectivity index (χ4v) is 1.91. The minimum Gasteiger partial charge on any atom is -0.496 e. The molecule has 0 unspecified atom stereocenters. The van der Waals surface area contributed by atoms with Crippen molar-refractivity contribution >= 4 is 5.78 Å². The third kappa shape index (κ3) is 2.59. The first kappa shape index (κ1) is 13.9. The van der Waals surface area contributed by atoms with Crippen LogP contribution >= 0.6 is 0 Å². The molecule has 0 bridgehead atoms. The number of rotatable bonds is 5. The molecule has 4 nitrogen and oxygen atoms in total. The van der Waals surface area contributed by atoms with E-state index in [4.69, 9.17) is 14.2 Å². The van der Waals surface area contributed by atoms with Gasteiger partial charge in [-0.1, -0.05) is 24.3 Å². The highest BCUT2D eigenvalue weighted by atomic mass is 16.5. The summed E-state index contributed by atoms with van der Waals surface area (Å²) in [5.41, 5.74) is 0.924. The SMILES string of the molecule is COc1cc(OC)c(C(=O)c2cc[c]cc2)c(OC)c1. The van der Waals surface area contributed by atoms with Gasteiger partial charge in [0.2, 0.25) is 5.78 Å². The van der Waals surface area contributed by atoms with Crippen LogP contribution in [0.4, 0.5) is 0 Å². The zero-order chi connectivity index (χ0) is 14.5. The summed E-state index contributed by atoms with van der Waals surface area (Å²) in [5.74, 6) is 1.23. The average Bonchev–Trinajstić information content (AvgIpc) is 2.53. The molecule has 0 heterocycles. The second-order valence-electron chi connectivity index (χ2n) is 4.02. The van der Waals surface area contributed by atoms with E-state index in [0.717, 1.165) is 0 Å². The molecular formula is C16H15O4. The normalized spacial score (nSPS) is 9.95. The van der Waals surface area contributed by atoms with Crippen molar-refractivity contribution in [2.45, 2.75) is 0 Å². The van der Waals surface area contributed by atoms with Crippen molar-refractivity contribution in [2.75, 3.05) is 21.3 Å². The van der Waals surface area contributed by atoms with Crippen LogP contribution in [0.15, 0.2) is 36.4 Å². The largest absolute Gasteiger partial charge is 0.496 e. The van der Waals surface area contributed by atoms with Crippen LogP contribution in [0.3, 0.4) is 0 Å². The molecule has 0 spiro atoms. The molecule has 0 fully saturated rings. The maximum Gasteiger partial charge on any atom is 0.200 e. The highest BCUT2D eigenvalue weighted by molar-refractivity contribution is 6.12. The van der Waals surface area contributed by atoms with Gasteiger partial charge in [0, 0.05) is 17.7 Å². The number of methoxy groups -OCH3 is 3. The van der Waals surface area contributed by atoms with Crippen LogP contribution in [0.1, 0.15) is 15.9 Å². The van der Waals surface area contributed by atoms with Crippen molar-refractivity contribution < 1.29 is 19.0 Å². The lowest BCUT2D eigenvalue weighted by Crippen LogP contribution is -2.07. The van der Waals surface area contributed by atoms with Gasteiger partial charge in [0.05, 0.1) is 21.3 Å². The molecule has 0 aliphatic heterocycles. The highest BCUT2D eigenvalue weighted by Crippen LogP contribution is 2.35. The third-order valence-electron chi connectivity index (χ3n) is 2.92. The van der Waals surface area contributed by atoms with Crippen molar-refractivity contribution in [3.8, 4) is 17.2 Å². The molecule has 2 aromatic rings. The predicted molar refractivity (Wildman–Crippen MR) is 74.8 cm³/mol. The van der Waals surface area contributed by atoms with Crippen LogP contribution in [0.5, 0.6) is 17.2 Å². The Morgan fingerprint density at radius 1 is 0.950 bits per heavy atom. The molecule has 0 amide bonds. The van der Waals surface area contributed by atoms with Gasteiger partial charge in [0.25, 0.3) is 0 Å². The molecule has 4 heteroatoms. The Kier molecular flexibility index (Phi) is 4.25.